The summed E-state index contributed by atoms with van der Waals surface area (Å²) in [5.74, 6) is -3.90. The van der Waals surface area contributed by atoms with Crippen LogP contribution >= 0.6 is 0 Å². The van der Waals surface area contributed by atoms with Gasteiger partial charge in [-0.15, -0.1) is 0 Å². The number of halogens is 3. The summed E-state index contributed by atoms with van der Waals surface area (Å²) in [7, 11) is 2.22. The lowest BCUT2D eigenvalue weighted by Crippen LogP contribution is -2.42. The molecule has 1 fully saturated rings. The zero-order valence-electron chi connectivity index (χ0n) is 18.7. The molecule has 1 aliphatic heterocycles. The van der Waals surface area contributed by atoms with Crippen LogP contribution in [0.5, 0.6) is 11.5 Å². The Morgan fingerprint density at radius 1 is 1.11 bits per heavy atom. The average molecular weight is 495 g/mol. The highest BCUT2D eigenvalue weighted by Gasteiger charge is 2.49. The Morgan fingerprint density at radius 2 is 1.77 bits per heavy atom. The first-order chi connectivity index (χ1) is 16.5. The molecule has 0 radical (unpaired) electrons. The van der Waals surface area contributed by atoms with Gasteiger partial charge in [-0.1, -0.05) is 12.1 Å². The van der Waals surface area contributed by atoms with Crippen molar-refractivity contribution in [1.82, 2.24) is 10.2 Å². The summed E-state index contributed by atoms with van der Waals surface area (Å²) in [5.41, 5.74) is -1.81. The number of carbonyl (C=O) groups excluding carboxylic acids is 4. The number of benzene rings is 2. The van der Waals surface area contributed by atoms with Gasteiger partial charge in [0.2, 0.25) is 5.91 Å². The lowest BCUT2D eigenvalue weighted by Gasteiger charge is -2.22. The molecule has 3 rings (SSSR count). The summed E-state index contributed by atoms with van der Waals surface area (Å²) < 4.78 is 52.8. The van der Waals surface area contributed by atoms with Crippen LogP contribution in [0.25, 0.3) is 0 Å². The molecule has 35 heavy (non-hydrogen) atoms. The number of carbonyl (C=O) groups is 4. The third kappa shape index (κ3) is 5.13. The molecule has 0 aromatic heterocycles. The summed E-state index contributed by atoms with van der Waals surface area (Å²) in [6.45, 7) is -2.61. The Labute approximate surface area is 196 Å². The highest BCUT2D eigenvalue weighted by atomic mass is 19.3. The van der Waals surface area contributed by atoms with Crippen molar-refractivity contribution in [3.63, 3.8) is 0 Å². The molecule has 186 valence electrons. The van der Waals surface area contributed by atoms with E-state index >= 15 is 0 Å². The van der Waals surface area contributed by atoms with Crippen molar-refractivity contribution in [2.45, 2.75) is 19.1 Å². The minimum Gasteiger partial charge on any atom is -0.493 e. The van der Waals surface area contributed by atoms with E-state index < -0.39 is 54.1 Å². The van der Waals surface area contributed by atoms with Gasteiger partial charge in [0.05, 0.1) is 25.5 Å². The van der Waals surface area contributed by atoms with Crippen LogP contribution in [-0.2, 0) is 19.9 Å². The number of ether oxygens (including phenoxy) is 3. The maximum absolute atomic E-state index is 13.3. The molecule has 0 saturated carbocycles. The largest absolute Gasteiger partial charge is 0.493 e. The average Bonchev–Trinajstić information content (AvgIpc) is 3.02. The van der Waals surface area contributed by atoms with E-state index in [-0.39, 0.29) is 22.6 Å². The number of hydrogen-bond donors (Lipinski definition) is 2. The number of amides is 4. The van der Waals surface area contributed by atoms with Crippen molar-refractivity contribution in [1.29, 1.82) is 0 Å². The highest BCUT2D eigenvalue weighted by molar-refractivity contribution is 6.11. The lowest BCUT2D eigenvalue weighted by atomic mass is 9.92. The van der Waals surface area contributed by atoms with Crippen LogP contribution in [0, 0.1) is 5.82 Å². The third-order valence-corrected chi connectivity index (χ3v) is 5.20. The fourth-order valence-corrected chi connectivity index (χ4v) is 3.44. The first kappa shape index (κ1) is 25.3. The van der Waals surface area contributed by atoms with E-state index in [0.29, 0.717) is 4.90 Å². The first-order valence-corrected chi connectivity index (χ1v) is 9.95. The van der Waals surface area contributed by atoms with E-state index in [1.165, 1.54) is 19.1 Å². The summed E-state index contributed by atoms with van der Waals surface area (Å²) in [4.78, 5) is 50.9. The van der Waals surface area contributed by atoms with Crippen molar-refractivity contribution in [3.05, 3.63) is 53.3 Å². The maximum atomic E-state index is 13.3. The van der Waals surface area contributed by atoms with Gasteiger partial charge in [0.15, 0.2) is 11.5 Å². The fraction of sp³-hybridized carbons (Fsp3) is 0.273. The van der Waals surface area contributed by atoms with Gasteiger partial charge in [-0.25, -0.2) is 14.0 Å². The molecule has 4 amide bonds. The van der Waals surface area contributed by atoms with E-state index in [1.807, 2.05) is 0 Å². The third-order valence-electron chi connectivity index (χ3n) is 5.20. The number of rotatable bonds is 8. The first-order valence-electron chi connectivity index (χ1n) is 9.95. The Balaban J connectivity index is 1.85. The van der Waals surface area contributed by atoms with Gasteiger partial charge < -0.3 is 24.8 Å². The van der Waals surface area contributed by atoms with E-state index in [2.05, 4.69) is 20.1 Å². The molecular formula is C22H20F3N3O7. The second kappa shape index (κ2) is 9.91. The van der Waals surface area contributed by atoms with Gasteiger partial charge in [-0.2, -0.15) is 8.78 Å². The molecule has 0 bridgehead atoms. The number of methoxy groups -OCH3 is 2. The van der Waals surface area contributed by atoms with Crippen molar-refractivity contribution >= 4 is 29.5 Å². The number of nitrogens with zero attached hydrogens (tertiary/aromatic N) is 1. The quantitative estimate of drug-likeness (QED) is 0.426. The molecule has 0 spiro atoms. The molecule has 2 aromatic carbocycles. The molecule has 2 aromatic rings. The Kier molecular flexibility index (Phi) is 7.17. The second-order valence-corrected chi connectivity index (χ2v) is 7.42. The van der Waals surface area contributed by atoms with Crippen LogP contribution < -0.4 is 20.1 Å². The van der Waals surface area contributed by atoms with Crippen molar-refractivity contribution in [2.24, 2.45) is 0 Å². The predicted molar refractivity (Wildman–Crippen MR) is 114 cm³/mol. The Morgan fingerprint density at radius 3 is 2.34 bits per heavy atom. The molecule has 1 unspecified atom stereocenters. The minimum atomic E-state index is -3.23. The van der Waals surface area contributed by atoms with Gasteiger partial charge in [0.25, 0.3) is 5.91 Å². The number of hydrogen-bond acceptors (Lipinski definition) is 7. The van der Waals surface area contributed by atoms with Gasteiger partial charge >= 0.3 is 18.6 Å². The maximum Gasteiger partial charge on any atom is 0.387 e. The van der Waals surface area contributed by atoms with Crippen LogP contribution in [0.1, 0.15) is 22.8 Å². The van der Waals surface area contributed by atoms with Gasteiger partial charge in [0.1, 0.15) is 17.9 Å². The predicted octanol–water partition coefficient (Wildman–Crippen LogP) is 2.63. The van der Waals surface area contributed by atoms with Crippen LogP contribution in [0.2, 0.25) is 0 Å². The van der Waals surface area contributed by atoms with Crippen molar-refractivity contribution in [2.75, 3.05) is 26.1 Å². The van der Waals surface area contributed by atoms with Crippen LogP contribution in [0.4, 0.5) is 23.7 Å². The topological polar surface area (TPSA) is 123 Å². The number of nitrogens with one attached hydrogen (secondary N) is 2. The molecule has 0 aliphatic carbocycles. The lowest BCUT2D eigenvalue weighted by molar-refractivity contribution is -0.133. The molecule has 1 atom stereocenters. The summed E-state index contributed by atoms with van der Waals surface area (Å²) in [6, 6.07) is 5.94. The highest BCUT2D eigenvalue weighted by Crippen LogP contribution is 2.35. The Bertz CT molecular complexity index is 1170. The summed E-state index contributed by atoms with van der Waals surface area (Å²) >= 11 is 0. The number of urea groups is 1. The van der Waals surface area contributed by atoms with E-state index in [4.69, 9.17) is 4.74 Å². The molecule has 1 heterocycles. The smallest absolute Gasteiger partial charge is 0.387 e. The van der Waals surface area contributed by atoms with Crippen LogP contribution in [-0.4, -0.2) is 56.1 Å². The monoisotopic (exact) mass is 495 g/mol. The number of alkyl halides is 2. The van der Waals surface area contributed by atoms with Gasteiger partial charge in [-0.3, -0.25) is 14.5 Å². The molecule has 1 aliphatic rings. The van der Waals surface area contributed by atoms with E-state index in [0.717, 1.165) is 38.5 Å². The number of esters is 1. The zero-order chi connectivity index (χ0) is 25.9. The minimum absolute atomic E-state index is 0.229. The molecule has 2 N–H and O–H groups in total. The normalized spacial score (nSPS) is 17.3. The van der Waals surface area contributed by atoms with E-state index in [1.54, 1.807) is 0 Å². The number of anilines is 1. The SMILES string of the molecule is COC(=O)c1cc(OC)c(OC(F)F)cc1NC(=O)CN1C(=O)NC(C)(c2ccc(F)cc2)C1=O. The molecule has 10 nitrogen and oxygen atoms in total. The van der Waals surface area contributed by atoms with Gasteiger partial charge in [0, 0.05) is 12.1 Å². The fourth-order valence-electron chi connectivity index (χ4n) is 3.44. The molecular weight excluding hydrogens is 475 g/mol. The summed E-state index contributed by atoms with van der Waals surface area (Å²) in [6.07, 6.45) is 0. The standard InChI is InChI=1S/C22H20F3N3O7/c1-22(11-4-6-12(23)7-5-11)19(31)28(21(32)27-22)10-17(29)26-14-9-16(35-20(24)25)15(33-2)8-13(14)18(30)34-3/h4-9,20H,10H2,1-3H3,(H,26,29)(H,27,32). The van der Waals surface area contributed by atoms with Crippen LogP contribution in [0.15, 0.2) is 36.4 Å². The summed E-state index contributed by atoms with van der Waals surface area (Å²) in [5, 5.41) is 4.75. The van der Waals surface area contributed by atoms with Crippen LogP contribution in [0.3, 0.4) is 0 Å². The van der Waals surface area contributed by atoms with Crippen molar-refractivity contribution < 1.29 is 46.6 Å². The number of imide groups is 1. The molecule has 13 heteroatoms. The Hall–Kier alpha value is -4.29. The zero-order valence-corrected chi connectivity index (χ0v) is 18.7. The van der Waals surface area contributed by atoms with Crippen molar-refractivity contribution in [3.8, 4) is 11.5 Å². The van der Waals surface area contributed by atoms with E-state index in [9.17, 15) is 32.3 Å². The molecule has 1 saturated heterocycles. The second-order valence-electron chi connectivity index (χ2n) is 7.42. The van der Waals surface area contributed by atoms with Gasteiger partial charge in [-0.05, 0) is 24.6 Å².